The number of phenols is 1. The van der Waals surface area contributed by atoms with Crippen LogP contribution in [0.5, 0.6) is 5.75 Å². The van der Waals surface area contributed by atoms with E-state index in [-0.39, 0.29) is 5.75 Å². The molecule has 0 aliphatic rings. The maximum absolute atomic E-state index is 9.57. The van der Waals surface area contributed by atoms with Gasteiger partial charge in [0.05, 0.1) is 4.70 Å². The highest BCUT2D eigenvalue weighted by molar-refractivity contribution is 7.98. The van der Waals surface area contributed by atoms with Crippen LogP contribution in [-0.2, 0) is 0 Å². The predicted octanol–water partition coefficient (Wildman–Crippen LogP) is 2.31. The largest absolute Gasteiger partial charge is 0.506 e. The third-order valence-corrected chi connectivity index (χ3v) is 3.24. The Labute approximate surface area is 83.6 Å². The van der Waals surface area contributed by atoms with Crippen LogP contribution in [0, 0.1) is 0 Å². The highest BCUT2D eigenvalue weighted by Gasteiger charge is 2.07. The molecule has 0 spiro atoms. The summed E-state index contributed by atoms with van der Waals surface area (Å²) in [4.78, 5) is 5.05. The van der Waals surface area contributed by atoms with Gasteiger partial charge in [0.1, 0.15) is 11.3 Å². The number of thiazole rings is 1. The second-order valence-electron chi connectivity index (χ2n) is 2.55. The van der Waals surface area contributed by atoms with E-state index >= 15 is 0 Å². The van der Waals surface area contributed by atoms with Gasteiger partial charge in [0.25, 0.3) is 0 Å². The average molecular weight is 212 g/mol. The van der Waals surface area contributed by atoms with E-state index < -0.39 is 0 Å². The number of hydrogen-bond acceptors (Lipinski definition) is 5. The van der Waals surface area contributed by atoms with Crippen molar-refractivity contribution in [2.75, 3.05) is 12.0 Å². The number of rotatable bonds is 1. The monoisotopic (exact) mass is 212 g/mol. The van der Waals surface area contributed by atoms with Gasteiger partial charge in [-0.3, -0.25) is 0 Å². The third kappa shape index (κ3) is 1.45. The quantitative estimate of drug-likeness (QED) is 0.712. The molecule has 3 N–H and O–H groups in total. The molecule has 0 aliphatic carbocycles. The molecule has 1 heterocycles. The average Bonchev–Trinajstić information content (AvgIpc) is 2.46. The van der Waals surface area contributed by atoms with Gasteiger partial charge in [-0.25, -0.2) is 4.98 Å². The van der Waals surface area contributed by atoms with Crippen LogP contribution in [0.4, 0.5) is 5.13 Å². The summed E-state index contributed by atoms with van der Waals surface area (Å²) in [6, 6.07) is 3.68. The Morgan fingerprint density at radius 2 is 2.31 bits per heavy atom. The minimum absolute atomic E-state index is 0.204. The third-order valence-electron chi connectivity index (χ3n) is 1.70. The zero-order chi connectivity index (χ0) is 9.42. The van der Waals surface area contributed by atoms with Crippen molar-refractivity contribution in [1.82, 2.24) is 4.98 Å². The van der Waals surface area contributed by atoms with E-state index in [2.05, 4.69) is 4.98 Å². The Hall–Kier alpha value is -0.940. The van der Waals surface area contributed by atoms with Gasteiger partial charge in [-0.05, 0) is 18.4 Å². The second-order valence-corrected chi connectivity index (χ2v) is 4.49. The fourth-order valence-corrected chi connectivity index (χ4v) is 2.46. The van der Waals surface area contributed by atoms with E-state index in [4.69, 9.17) is 5.73 Å². The zero-order valence-corrected chi connectivity index (χ0v) is 8.58. The lowest BCUT2D eigenvalue weighted by Gasteiger charge is -1.97. The molecule has 0 unspecified atom stereocenters. The second kappa shape index (κ2) is 3.08. The lowest BCUT2D eigenvalue weighted by Crippen LogP contribution is -1.79. The number of fused-ring (bicyclic) bond motifs is 1. The molecule has 3 nitrogen and oxygen atoms in total. The van der Waals surface area contributed by atoms with E-state index in [9.17, 15) is 5.11 Å². The normalized spacial score (nSPS) is 10.8. The molecule has 0 bridgehead atoms. The minimum atomic E-state index is 0.204. The molecule has 2 rings (SSSR count). The summed E-state index contributed by atoms with van der Waals surface area (Å²) in [7, 11) is 0. The van der Waals surface area contributed by atoms with Crippen LogP contribution in [-0.4, -0.2) is 16.3 Å². The van der Waals surface area contributed by atoms with Crippen molar-refractivity contribution in [2.24, 2.45) is 0 Å². The lowest BCUT2D eigenvalue weighted by atomic mass is 10.3. The van der Waals surface area contributed by atoms with Crippen LogP contribution in [0.3, 0.4) is 0 Å². The van der Waals surface area contributed by atoms with E-state index in [1.807, 2.05) is 12.3 Å². The van der Waals surface area contributed by atoms with Crippen molar-refractivity contribution < 1.29 is 5.11 Å². The number of benzene rings is 1. The summed E-state index contributed by atoms with van der Waals surface area (Å²) in [5.74, 6) is 0.204. The van der Waals surface area contributed by atoms with Crippen LogP contribution >= 0.6 is 23.1 Å². The maximum Gasteiger partial charge on any atom is 0.181 e. The molecule has 0 atom stereocenters. The van der Waals surface area contributed by atoms with Gasteiger partial charge in [-0.1, -0.05) is 11.3 Å². The maximum atomic E-state index is 9.57. The molecule has 0 amide bonds. The van der Waals surface area contributed by atoms with Crippen molar-refractivity contribution in [3.63, 3.8) is 0 Å². The first-order valence-corrected chi connectivity index (χ1v) is 5.68. The Balaban J connectivity index is 2.75. The van der Waals surface area contributed by atoms with Gasteiger partial charge < -0.3 is 10.8 Å². The molecule has 68 valence electrons. The Bertz CT molecular complexity index is 453. The summed E-state index contributed by atoms with van der Waals surface area (Å²) in [5, 5.41) is 10.1. The number of hydrogen-bond donors (Lipinski definition) is 2. The number of aromatic nitrogens is 1. The Kier molecular flexibility index (Phi) is 2.05. The fourth-order valence-electron chi connectivity index (χ4n) is 1.12. The first kappa shape index (κ1) is 8.65. The van der Waals surface area contributed by atoms with E-state index in [1.54, 1.807) is 17.8 Å². The molecule has 13 heavy (non-hydrogen) atoms. The molecule has 1 aromatic carbocycles. The molecule has 5 heteroatoms. The van der Waals surface area contributed by atoms with Gasteiger partial charge >= 0.3 is 0 Å². The van der Waals surface area contributed by atoms with Crippen LogP contribution in [0.2, 0.25) is 0 Å². The first-order valence-electron chi connectivity index (χ1n) is 3.63. The van der Waals surface area contributed by atoms with Gasteiger partial charge in [0.15, 0.2) is 5.13 Å². The SMILES string of the molecule is CSc1cc(O)c2nc(N)sc2c1. The van der Waals surface area contributed by atoms with Gasteiger partial charge in [-0.15, -0.1) is 11.8 Å². The molecule has 0 saturated carbocycles. The molecule has 0 radical (unpaired) electrons. The summed E-state index contributed by atoms with van der Waals surface area (Å²) >= 11 is 2.97. The first-order chi connectivity index (χ1) is 6.20. The van der Waals surface area contributed by atoms with Crippen molar-refractivity contribution in [1.29, 1.82) is 0 Å². The number of phenolic OH excluding ortho intramolecular Hbond substituents is 1. The lowest BCUT2D eigenvalue weighted by molar-refractivity contribution is 0.479. The highest BCUT2D eigenvalue weighted by Crippen LogP contribution is 2.34. The summed E-state index contributed by atoms with van der Waals surface area (Å²) in [5.41, 5.74) is 6.14. The number of aromatic hydroxyl groups is 1. The van der Waals surface area contributed by atoms with Gasteiger partial charge in [0, 0.05) is 4.90 Å². The van der Waals surface area contributed by atoms with Crippen LogP contribution < -0.4 is 5.73 Å². The van der Waals surface area contributed by atoms with E-state index in [0.717, 1.165) is 9.60 Å². The van der Waals surface area contributed by atoms with Crippen molar-refractivity contribution >= 4 is 38.4 Å². The molecule has 1 aromatic heterocycles. The van der Waals surface area contributed by atoms with Crippen LogP contribution in [0.15, 0.2) is 17.0 Å². The summed E-state index contributed by atoms with van der Waals surface area (Å²) in [6.07, 6.45) is 1.96. The van der Waals surface area contributed by atoms with Crippen molar-refractivity contribution in [3.05, 3.63) is 12.1 Å². The van der Waals surface area contributed by atoms with Crippen LogP contribution in [0.25, 0.3) is 10.2 Å². The number of thioether (sulfide) groups is 1. The Morgan fingerprint density at radius 3 is 3.00 bits per heavy atom. The zero-order valence-electron chi connectivity index (χ0n) is 6.94. The van der Waals surface area contributed by atoms with Crippen LogP contribution in [0.1, 0.15) is 0 Å². The highest BCUT2D eigenvalue weighted by atomic mass is 32.2. The molecular weight excluding hydrogens is 204 g/mol. The number of nitrogens with two attached hydrogens (primary N) is 1. The Morgan fingerprint density at radius 1 is 1.54 bits per heavy atom. The minimum Gasteiger partial charge on any atom is -0.506 e. The molecule has 0 aliphatic heterocycles. The summed E-state index contributed by atoms with van der Waals surface area (Å²) in [6.45, 7) is 0. The standard InChI is InChI=1S/C8H8N2OS2/c1-12-4-2-5(11)7-6(3-4)13-8(9)10-7/h2-3,11H,1H3,(H2,9,10). The topological polar surface area (TPSA) is 59.1 Å². The van der Waals surface area contributed by atoms with Crippen molar-refractivity contribution in [3.8, 4) is 5.75 Å². The van der Waals surface area contributed by atoms with Crippen molar-refractivity contribution in [2.45, 2.75) is 4.90 Å². The fraction of sp³-hybridized carbons (Fsp3) is 0.125. The van der Waals surface area contributed by atoms with E-state index in [1.165, 1.54) is 11.3 Å². The molecular formula is C8H8N2OS2. The molecule has 0 saturated heterocycles. The molecule has 2 aromatic rings. The molecule has 0 fully saturated rings. The number of nitrogens with zero attached hydrogens (tertiary/aromatic N) is 1. The predicted molar refractivity (Wildman–Crippen MR) is 57.5 cm³/mol. The van der Waals surface area contributed by atoms with Gasteiger partial charge in [0.2, 0.25) is 0 Å². The number of anilines is 1. The smallest absolute Gasteiger partial charge is 0.181 e. The van der Waals surface area contributed by atoms with Gasteiger partial charge in [-0.2, -0.15) is 0 Å². The van der Waals surface area contributed by atoms with E-state index in [0.29, 0.717) is 10.6 Å². The summed E-state index contributed by atoms with van der Waals surface area (Å²) < 4.78 is 0.932. The number of nitrogen functional groups attached to an aromatic ring is 1.